The second-order valence-electron chi connectivity index (χ2n) is 6.11. The second-order valence-corrected chi connectivity index (χ2v) is 6.11. The third-order valence-corrected chi connectivity index (χ3v) is 3.88. The van der Waals surface area contributed by atoms with Gasteiger partial charge in [-0.15, -0.1) is 0 Å². The second kappa shape index (κ2) is 7.83. The fraction of sp³-hybridized carbons (Fsp3) is 0.238. The maximum Gasteiger partial charge on any atom is 0.231 e. The van der Waals surface area contributed by atoms with Gasteiger partial charge in [0.15, 0.2) is 23.0 Å². The number of benzene rings is 2. The summed E-state index contributed by atoms with van der Waals surface area (Å²) in [4.78, 5) is 12.8. The van der Waals surface area contributed by atoms with Crippen LogP contribution in [0.4, 0.5) is 0 Å². The van der Waals surface area contributed by atoms with Crippen molar-refractivity contribution in [3.05, 3.63) is 53.1 Å². The predicted octanol–water partition coefficient (Wildman–Crippen LogP) is 4.00. The van der Waals surface area contributed by atoms with Crippen LogP contribution in [-0.2, 0) is 0 Å². The van der Waals surface area contributed by atoms with E-state index in [2.05, 4.69) is 0 Å². The van der Waals surface area contributed by atoms with E-state index in [1.54, 1.807) is 43.5 Å². The Morgan fingerprint density at radius 2 is 2.00 bits per heavy atom. The summed E-state index contributed by atoms with van der Waals surface area (Å²) >= 11 is 0. The van der Waals surface area contributed by atoms with Gasteiger partial charge in [0.05, 0.1) is 13.2 Å². The van der Waals surface area contributed by atoms with Crippen LogP contribution in [0, 0.1) is 11.3 Å². The summed E-state index contributed by atoms with van der Waals surface area (Å²) in [7, 11) is 1.54. The Morgan fingerprint density at radius 1 is 1.22 bits per heavy atom. The van der Waals surface area contributed by atoms with Crippen molar-refractivity contribution >= 4 is 11.9 Å². The average Bonchev–Trinajstić information content (AvgIpc) is 3.13. The van der Waals surface area contributed by atoms with Crippen LogP contribution >= 0.6 is 0 Å². The molecule has 27 heavy (non-hydrogen) atoms. The van der Waals surface area contributed by atoms with E-state index in [-0.39, 0.29) is 18.5 Å². The van der Waals surface area contributed by atoms with Gasteiger partial charge in [-0.05, 0) is 44.2 Å². The van der Waals surface area contributed by atoms with Crippen LogP contribution in [-0.4, -0.2) is 25.8 Å². The Labute approximate surface area is 157 Å². The van der Waals surface area contributed by atoms with Gasteiger partial charge in [-0.3, -0.25) is 4.79 Å². The van der Waals surface area contributed by atoms with E-state index < -0.39 is 5.78 Å². The highest BCUT2D eigenvalue weighted by Gasteiger charge is 2.20. The number of carbonyl (C=O) groups excluding carboxylic acids is 1. The van der Waals surface area contributed by atoms with Gasteiger partial charge in [-0.25, -0.2) is 0 Å². The minimum absolute atomic E-state index is 0.0178. The summed E-state index contributed by atoms with van der Waals surface area (Å²) in [6.45, 7) is 3.90. The highest BCUT2D eigenvalue weighted by atomic mass is 16.7. The van der Waals surface area contributed by atoms with Gasteiger partial charge in [0, 0.05) is 11.1 Å². The van der Waals surface area contributed by atoms with Crippen molar-refractivity contribution in [1.29, 1.82) is 5.26 Å². The molecular formula is C21H19NO5. The van der Waals surface area contributed by atoms with Crippen LogP contribution in [0.15, 0.2) is 42.0 Å². The fourth-order valence-corrected chi connectivity index (χ4v) is 2.67. The van der Waals surface area contributed by atoms with Crippen molar-refractivity contribution in [3.63, 3.8) is 0 Å². The van der Waals surface area contributed by atoms with E-state index in [0.29, 0.717) is 34.1 Å². The molecule has 0 bridgehead atoms. The van der Waals surface area contributed by atoms with Crippen LogP contribution < -0.4 is 18.9 Å². The summed E-state index contributed by atoms with van der Waals surface area (Å²) in [5.74, 6) is 1.68. The quantitative estimate of drug-likeness (QED) is 0.437. The van der Waals surface area contributed by atoms with Crippen molar-refractivity contribution in [2.45, 2.75) is 20.0 Å². The molecule has 0 atom stereocenters. The zero-order valence-corrected chi connectivity index (χ0v) is 15.3. The van der Waals surface area contributed by atoms with E-state index in [9.17, 15) is 10.1 Å². The third-order valence-electron chi connectivity index (χ3n) is 3.88. The molecule has 0 amide bonds. The monoisotopic (exact) mass is 365 g/mol. The first-order valence-corrected chi connectivity index (χ1v) is 8.43. The normalized spacial score (nSPS) is 12.6. The number of allylic oxidation sites excluding steroid dienone is 1. The summed E-state index contributed by atoms with van der Waals surface area (Å²) in [5, 5.41) is 9.54. The van der Waals surface area contributed by atoms with Crippen molar-refractivity contribution in [3.8, 4) is 29.1 Å². The lowest BCUT2D eigenvalue weighted by Crippen LogP contribution is -2.08. The molecule has 138 valence electrons. The van der Waals surface area contributed by atoms with E-state index in [4.69, 9.17) is 18.9 Å². The van der Waals surface area contributed by atoms with Gasteiger partial charge in [-0.2, -0.15) is 5.26 Å². The number of hydrogen-bond donors (Lipinski definition) is 0. The first-order chi connectivity index (χ1) is 13.0. The Kier molecular flexibility index (Phi) is 5.32. The maximum atomic E-state index is 12.8. The summed E-state index contributed by atoms with van der Waals surface area (Å²) < 4.78 is 21.7. The third kappa shape index (κ3) is 3.87. The molecule has 0 radical (unpaired) electrons. The topological polar surface area (TPSA) is 77.8 Å². The Balaban J connectivity index is 1.99. The number of nitriles is 1. The lowest BCUT2D eigenvalue weighted by atomic mass is 10.0. The van der Waals surface area contributed by atoms with Gasteiger partial charge in [0.2, 0.25) is 12.6 Å². The number of carbonyl (C=O) groups is 1. The average molecular weight is 365 g/mol. The summed E-state index contributed by atoms with van der Waals surface area (Å²) in [5.41, 5.74) is 0.922. The van der Waals surface area contributed by atoms with Crippen LogP contribution in [0.25, 0.3) is 6.08 Å². The van der Waals surface area contributed by atoms with Crippen LogP contribution in [0.5, 0.6) is 23.0 Å². The molecule has 0 aliphatic carbocycles. The van der Waals surface area contributed by atoms with Gasteiger partial charge in [0.1, 0.15) is 11.6 Å². The number of ketones is 1. The Hall–Kier alpha value is -3.46. The molecule has 2 aromatic carbocycles. The number of hydrogen-bond acceptors (Lipinski definition) is 6. The Bertz CT molecular complexity index is 940. The molecule has 0 fully saturated rings. The van der Waals surface area contributed by atoms with Gasteiger partial charge < -0.3 is 18.9 Å². The molecule has 1 heterocycles. The molecule has 0 unspecified atom stereocenters. The molecule has 3 rings (SSSR count). The van der Waals surface area contributed by atoms with E-state index in [1.165, 1.54) is 6.08 Å². The molecule has 0 N–H and O–H groups in total. The van der Waals surface area contributed by atoms with E-state index in [1.807, 2.05) is 19.9 Å². The summed E-state index contributed by atoms with van der Waals surface area (Å²) in [6, 6.07) is 12.1. The summed E-state index contributed by atoms with van der Waals surface area (Å²) in [6.07, 6.45) is 1.41. The zero-order valence-electron chi connectivity index (χ0n) is 15.3. The van der Waals surface area contributed by atoms with Crippen molar-refractivity contribution < 1.29 is 23.7 Å². The zero-order chi connectivity index (χ0) is 19.4. The molecule has 0 spiro atoms. The molecule has 6 heteroatoms. The van der Waals surface area contributed by atoms with Gasteiger partial charge in [0.25, 0.3) is 0 Å². The standard InChI is InChI=1S/C21H19NO5/c1-13(2)27-21-15(5-4-6-18(21)24-3)9-16(11-22)20(23)14-7-8-17-19(10-14)26-12-25-17/h4-10,13H,12H2,1-3H3/b16-9-. The number of nitrogens with zero attached hydrogens (tertiary/aromatic N) is 1. The maximum absolute atomic E-state index is 12.8. The molecule has 0 saturated carbocycles. The van der Waals surface area contributed by atoms with Gasteiger partial charge >= 0.3 is 0 Å². The first-order valence-electron chi connectivity index (χ1n) is 8.43. The molecular weight excluding hydrogens is 346 g/mol. The smallest absolute Gasteiger partial charge is 0.231 e. The Morgan fingerprint density at radius 3 is 2.70 bits per heavy atom. The molecule has 2 aromatic rings. The number of Topliss-reactive ketones (excluding diaryl/α,β-unsaturated/α-hetero) is 1. The molecule has 1 aliphatic heterocycles. The minimum atomic E-state index is -0.408. The first kappa shape index (κ1) is 18.3. The van der Waals surface area contributed by atoms with Crippen molar-refractivity contribution in [2.75, 3.05) is 13.9 Å². The number of rotatable bonds is 6. The van der Waals surface area contributed by atoms with E-state index in [0.717, 1.165) is 0 Å². The van der Waals surface area contributed by atoms with Crippen molar-refractivity contribution in [2.24, 2.45) is 0 Å². The minimum Gasteiger partial charge on any atom is -0.493 e. The number of methoxy groups -OCH3 is 1. The molecule has 0 saturated heterocycles. The van der Waals surface area contributed by atoms with Gasteiger partial charge in [-0.1, -0.05) is 12.1 Å². The van der Waals surface area contributed by atoms with Crippen LogP contribution in [0.3, 0.4) is 0 Å². The number of para-hydroxylation sites is 1. The highest BCUT2D eigenvalue weighted by Crippen LogP contribution is 2.35. The SMILES string of the molecule is COc1cccc(/C=C(/C#N)C(=O)c2ccc3c(c2)OCO3)c1OC(C)C. The predicted molar refractivity (Wildman–Crippen MR) is 99.2 cm³/mol. The van der Waals surface area contributed by atoms with Crippen molar-refractivity contribution in [1.82, 2.24) is 0 Å². The highest BCUT2D eigenvalue weighted by molar-refractivity contribution is 6.14. The number of ether oxygens (including phenoxy) is 4. The molecule has 0 aromatic heterocycles. The molecule has 1 aliphatic rings. The van der Waals surface area contributed by atoms with Crippen LogP contribution in [0.1, 0.15) is 29.8 Å². The largest absolute Gasteiger partial charge is 0.493 e. The lowest BCUT2D eigenvalue weighted by molar-refractivity contribution is 0.103. The van der Waals surface area contributed by atoms with E-state index >= 15 is 0 Å². The van der Waals surface area contributed by atoms with Crippen LogP contribution in [0.2, 0.25) is 0 Å². The number of fused-ring (bicyclic) bond motifs is 1. The lowest BCUT2D eigenvalue weighted by Gasteiger charge is -2.16. The fourth-order valence-electron chi connectivity index (χ4n) is 2.67. The molecule has 6 nitrogen and oxygen atoms in total.